The van der Waals surface area contributed by atoms with Crippen LogP contribution in [0.15, 0.2) is 0 Å². The minimum atomic E-state index is -5.54. The van der Waals surface area contributed by atoms with E-state index in [9.17, 15) is 92.0 Å². The summed E-state index contributed by atoms with van der Waals surface area (Å²) in [5.74, 6) is -14.9. The predicted octanol–water partition coefficient (Wildman–Crippen LogP) is -7.78. The van der Waals surface area contributed by atoms with E-state index in [2.05, 4.69) is 36.1 Å². The van der Waals surface area contributed by atoms with E-state index in [-0.39, 0.29) is 70.7 Å². The molecular formula is C43H68N12O21P+. The number of nitrogens with zero attached hydrogens (tertiary/aromatic N) is 3. The molecule has 3 aliphatic heterocycles. The normalized spacial score (nSPS) is 19.9. The number of phosphoric ester groups is 1. The molecule has 33 nitrogen and oxygen atoms in total. The lowest BCUT2D eigenvalue weighted by Gasteiger charge is -2.32. The third kappa shape index (κ3) is 20.3. The maximum absolute atomic E-state index is 14.3. The molecule has 10 atom stereocenters. The van der Waals surface area contributed by atoms with E-state index in [4.69, 9.17) is 22.3 Å². The van der Waals surface area contributed by atoms with Gasteiger partial charge in [-0.05, 0) is 71.1 Å². The van der Waals surface area contributed by atoms with Gasteiger partial charge in [0.15, 0.2) is 0 Å². The van der Waals surface area contributed by atoms with Crippen molar-refractivity contribution in [1.29, 1.82) is 0 Å². The van der Waals surface area contributed by atoms with Crippen molar-refractivity contribution in [3.05, 3.63) is 0 Å². The second-order valence-electron chi connectivity index (χ2n) is 18.5. The number of nitrogens with one attached hydrogen (secondary N) is 6. The highest BCUT2D eigenvalue weighted by atomic mass is 31.2. The molecule has 34 heteroatoms. The number of likely N-dealkylation sites (tertiary alicyclic amines) is 3. The molecule has 8 amide bonds. The van der Waals surface area contributed by atoms with Crippen molar-refractivity contribution in [2.24, 2.45) is 17.2 Å². The van der Waals surface area contributed by atoms with Crippen molar-refractivity contribution in [3.8, 4) is 0 Å². The standard InChI is InChI=1S/C43H67N12O21P/c1-21(76-77(73,74)75)34(39(69)50-26(11-13-31(59)60)42(72)55-17-4-8-28(55)37(67)49-25(10-12-30(57)58)40(70)53-15-3-6-22(53)20-56)52-36(66)27(19-33(63)64)51-38(68)29-9-5-16-54(29)41(71)24(7-2-14-47-43(45)46)48-35(65)23(44)18-32(61)62/h20-29,34H,2-19,44H2,1H3,(H,48,65)(H,49,67)(H,50,69)(H,51,68)(H,52,66)(H,57,58)(H,59,60)(H,61,62)(H,63,64)(H4,45,46,47)(H2,73,74,75)/p+1/t21-,22+,23+,24+,25+,26+,27+,28+,29+,34+/m1/s1. The van der Waals surface area contributed by atoms with Crippen molar-refractivity contribution in [3.63, 3.8) is 0 Å². The first-order chi connectivity index (χ1) is 36.0. The van der Waals surface area contributed by atoms with Crippen LogP contribution in [0.5, 0.6) is 0 Å². The summed E-state index contributed by atoms with van der Waals surface area (Å²) in [5, 5.41) is 49.1. The van der Waals surface area contributed by atoms with Gasteiger partial charge in [0.25, 0.3) is 0 Å². The van der Waals surface area contributed by atoms with Gasteiger partial charge in [0.05, 0.1) is 37.6 Å². The fourth-order valence-corrected chi connectivity index (χ4v) is 9.48. The monoisotopic (exact) mass is 1120 g/mol. The van der Waals surface area contributed by atoms with Gasteiger partial charge in [-0.3, -0.25) is 78.5 Å². The topological polar surface area (TPSA) is 531 Å². The van der Waals surface area contributed by atoms with E-state index >= 15 is 0 Å². The summed E-state index contributed by atoms with van der Waals surface area (Å²) in [6.07, 6.45) is -5.07. The lowest BCUT2D eigenvalue weighted by molar-refractivity contribution is -0.459. The molecule has 3 fully saturated rings. The Balaban J connectivity index is 1.91. The Morgan fingerprint density at radius 1 is 0.623 bits per heavy atom. The highest BCUT2D eigenvalue weighted by Crippen LogP contribution is 2.38. The van der Waals surface area contributed by atoms with Crippen LogP contribution in [0.1, 0.15) is 96.8 Å². The molecule has 3 aliphatic rings. The first kappa shape index (κ1) is 63.9. The van der Waals surface area contributed by atoms with Crippen molar-refractivity contribution >= 4 is 91.2 Å². The van der Waals surface area contributed by atoms with Gasteiger partial charge in [-0.2, -0.15) is 0 Å². The number of hydrogen-bond acceptors (Lipinski definition) is 16. The van der Waals surface area contributed by atoms with Crippen molar-refractivity contribution < 1.29 is 107 Å². The summed E-state index contributed by atoms with van der Waals surface area (Å²) >= 11 is 0. The number of nitrogens with two attached hydrogens (primary N) is 3. The van der Waals surface area contributed by atoms with Crippen LogP contribution < -0.4 is 48.8 Å². The number of carbonyl (C=O) groups excluding carboxylic acids is 9. The van der Waals surface area contributed by atoms with Gasteiger partial charge in [-0.25, -0.2) is 4.57 Å². The second kappa shape index (κ2) is 29.8. The number of guanidine groups is 1. The van der Waals surface area contributed by atoms with Crippen molar-refractivity contribution in [2.45, 2.75) is 157 Å². The molecule has 0 saturated carbocycles. The van der Waals surface area contributed by atoms with E-state index in [1.54, 1.807) is 0 Å². The number of carboxylic acid groups (broad SMARTS) is 4. The lowest BCUT2D eigenvalue weighted by atomic mass is 10.0. The Bertz CT molecular complexity index is 2320. The van der Waals surface area contributed by atoms with Crippen LogP contribution >= 0.6 is 7.82 Å². The molecule has 430 valence electrons. The fraction of sp³-hybridized carbons (Fsp3) is 0.674. The molecule has 0 aromatic rings. The zero-order chi connectivity index (χ0) is 57.9. The van der Waals surface area contributed by atoms with Crippen molar-refractivity contribution in [2.75, 3.05) is 26.2 Å². The second-order valence-corrected chi connectivity index (χ2v) is 19.7. The van der Waals surface area contributed by atoms with Crippen LogP contribution in [0.25, 0.3) is 0 Å². The van der Waals surface area contributed by atoms with Gasteiger partial charge in [-0.15, -0.1) is 0 Å². The zero-order valence-corrected chi connectivity index (χ0v) is 42.8. The minimum Gasteiger partial charge on any atom is -0.481 e. The average Bonchev–Trinajstić information content (AvgIpc) is 4.14. The predicted molar refractivity (Wildman–Crippen MR) is 257 cm³/mol. The molecule has 18 N–H and O–H groups in total. The van der Waals surface area contributed by atoms with Crippen LogP contribution in [-0.4, -0.2) is 215 Å². The van der Waals surface area contributed by atoms with E-state index in [0.29, 0.717) is 19.1 Å². The molecule has 0 unspecified atom stereocenters. The van der Waals surface area contributed by atoms with E-state index in [0.717, 1.165) is 16.7 Å². The number of aliphatic carboxylic acids is 4. The van der Waals surface area contributed by atoms with Gasteiger partial charge in [-0.1, -0.05) is 0 Å². The Hall–Kier alpha value is -7.35. The largest absolute Gasteiger partial charge is 0.481 e. The Kier molecular flexibility index (Phi) is 24.8. The third-order valence-corrected chi connectivity index (χ3v) is 13.3. The molecule has 0 bridgehead atoms. The van der Waals surface area contributed by atoms with Gasteiger partial charge < -0.3 is 82.0 Å². The summed E-state index contributed by atoms with van der Waals surface area (Å²) in [4.78, 5) is 194. The molecule has 0 spiro atoms. The van der Waals surface area contributed by atoms with E-state index in [1.165, 1.54) is 4.90 Å². The number of carbonyl (C=O) groups is 13. The van der Waals surface area contributed by atoms with Gasteiger partial charge >= 0.3 is 37.7 Å². The first-order valence-electron chi connectivity index (χ1n) is 24.4. The van der Waals surface area contributed by atoms with Gasteiger partial charge in [0, 0.05) is 32.5 Å². The zero-order valence-electron chi connectivity index (χ0n) is 41.9. The van der Waals surface area contributed by atoms with Crippen LogP contribution in [-0.2, 0) is 71.4 Å². The Morgan fingerprint density at radius 2 is 1.08 bits per heavy atom. The summed E-state index contributed by atoms with van der Waals surface area (Å²) in [5.41, 5.74) is 16.5. The maximum atomic E-state index is 14.3. The van der Waals surface area contributed by atoms with E-state index in [1.807, 2.05) is 0 Å². The lowest BCUT2D eigenvalue weighted by Crippen LogP contribution is -2.78. The maximum Gasteiger partial charge on any atom is 0.469 e. The highest BCUT2D eigenvalue weighted by molar-refractivity contribution is 7.46. The smallest absolute Gasteiger partial charge is 0.469 e. The summed E-state index contributed by atoms with van der Waals surface area (Å²) in [6.45, 7) is 0.819. The summed E-state index contributed by atoms with van der Waals surface area (Å²) in [7, 11) is -5.54. The fourth-order valence-electron chi connectivity index (χ4n) is 8.93. The molecule has 0 aromatic carbocycles. The number of aldehydes is 1. The van der Waals surface area contributed by atoms with Crippen LogP contribution in [0, 0.1) is 0 Å². The summed E-state index contributed by atoms with van der Waals surface area (Å²) in [6, 6.07) is -14.4. The molecule has 0 radical (unpaired) electrons. The molecule has 0 aliphatic carbocycles. The van der Waals surface area contributed by atoms with Crippen LogP contribution in [0.2, 0.25) is 0 Å². The molecule has 77 heavy (non-hydrogen) atoms. The van der Waals surface area contributed by atoms with E-state index < -0.39 is 178 Å². The van der Waals surface area contributed by atoms with Crippen LogP contribution in [0.4, 0.5) is 0 Å². The first-order valence-corrected chi connectivity index (χ1v) is 25.9. The minimum absolute atomic E-state index is 0.0463. The quantitative estimate of drug-likeness (QED) is 0.0101. The molecular weight excluding hydrogens is 1050 g/mol. The Labute approximate surface area is 439 Å². The van der Waals surface area contributed by atoms with Gasteiger partial charge in [0.2, 0.25) is 47.3 Å². The third-order valence-electron chi connectivity index (χ3n) is 12.6. The summed E-state index contributed by atoms with van der Waals surface area (Å²) < 4.78 is 16.7. The molecule has 3 heterocycles. The average molecular weight is 1120 g/mol. The molecule has 3 rings (SSSR count). The number of amides is 8. The highest BCUT2D eigenvalue weighted by Gasteiger charge is 2.44. The van der Waals surface area contributed by atoms with Crippen molar-refractivity contribution in [1.82, 2.24) is 41.3 Å². The van der Waals surface area contributed by atoms with Crippen LogP contribution in [0.3, 0.4) is 0 Å². The molecule has 0 aromatic heterocycles. The number of carboxylic acids is 4. The molecule has 3 saturated heterocycles. The number of phosphoric acid groups is 1. The number of hydrogen-bond donors (Lipinski definition) is 15. The SMILES string of the molecule is C[C@@H](OP(=O)(O)O)[C@H](NC(=O)[C@H](CC(=O)O)NC(=O)[C@@H]1CCCN1C(=O)[C@H](CCC[NH+]=C(N)N)NC(=O)[C@@H](N)CC(=O)O)C(=O)N[C@@H](CCC(=O)O)C(=O)N1CCC[C@H]1C(=O)N[C@@H](CCC(=O)O)C(=O)N1CCC[C@H]1C=O. The Morgan fingerprint density at radius 3 is 1.56 bits per heavy atom. The number of rotatable bonds is 31. The van der Waals surface area contributed by atoms with Gasteiger partial charge in [0.1, 0.15) is 48.6 Å².